The molecular formula is C22H35N5O6. The SMILES string of the molecule is CC(C)(C)c1c(N=[N+]=[N-])cc(OCCCNC(=O)O)c(C(C)(C)C)c1OCCCNC(=O)O. The zero-order valence-corrected chi connectivity index (χ0v) is 20.2. The normalized spacial score (nSPS) is 11.3. The van der Waals surface area contributed by atoms with Crippen molar-refractivity contribution in [3.8, 4) is 11.5 Å². The minimum Gasteiger partial charge on any atom is -0.493 e. The number of rotatable bonds is 11. The van der Waals surface area contributed by atoms with Crippen molar-refractivity contribution in [2.75, 3.05) is 26.3 Å². The number of nitrogens with one attached hydrogen (secondary N) is 2. The van der Waals surface area contributed by atoms with Crippen molar-refractivity contribution >= 4 is 17.9 Å². The van der Waals surface area contributed by atoms with Gasteiger partial charge in [0.05, 0.1) is 13.2 Å². The van der Waals surface area contributed by atoms with E-state index in [1.54, 1.807) is 6.07 Å². The molecule has 4 N–H and O–H groups in total. The average molecular weight is 466 g/mol. The summed E-state index contributed by atoms with van der Waals surface area (Å²) in [5.41, 5.74) is 10.2. The summed E-state index contributed by atoms with van der Waals surface area (Å²) in [6.45, 7) is 13.0. The first-order valence-corrected chi connectivity index (χ1v) is 10.7. The molecule has 0 heterocycles. The first-order chi connectivity index (χ1) is 15.3. The Morgan fingerprint density at radius 2 is 1.42 bits per heavy atom. The molecule has 0 atom stereocenters. The predicted octanol–water partition coefficient (Wildman–Crippen LogP) is 5.30. The molecule has 1 rings (SSSR count). The Kier molecular flexibility index (Phi) is 10.1. The largest absolute Gasteiger partial charge is 0.493 e. The van der Waals surface area contributed by atoms with E-state index in [0.29, 0.717) is 30.0 Å². The van der Waals surface area contributed by atoms with Crippen LogP contribution in [0.4, 0.5) is 15.3 Å². The lowest BCUT2D eigenvalue weighted by molar-refractivity contribution is 0.192. The van der Waals surface area contributed by atoms with Gasteiger partial charge in [0.1, 0.15) is 11.5 Å². The van der Waals surface area contributed by atoms with Gasteiger partial charge >= 0.3 is 12.2 Å². The zero-order chi connectivity index (χ0) is 25.2. The molecule has 0 radical (unpaired) electrons. The number of hydrogen-bond donors (Lipinski definition) is 4. The summed E-state index contributed by atoms with van der Waals surface area (Å²) in [4.78, 5) is 24.3. The number of amides is 2. The molecule has 1 aromatic carbocycles. The van der Waals surface area contributed by atoms with E-state index in [1.165, 1.54) is 0 Å². The van der Waals surface area contributed by atoms with Crippen LogP contribution in [0.15, 0.2) is 11.2 Å². The highest BCUT2D eigenvalue weighted by Crippen LogP contribution is 2.49. The molecule has 1 aromatic rings. The fourth-order valence-corrected chi connectivity index (χ4v) is 3.33. The summed E-state index contributed by atoms with van der Waals surface area (Å²) >= 11 is 0. The molecule has 0 aliphatic rings. The van der Waals surface area contributed by atoms with Gasteiger partial charge < -0.3 is 30.3 Å². The molecule has 11 heteroatoms. The molecule has 0 spiro atoms. The zero-order valence-electron chi connectivity index (χ0n) is 20.2. The summed E-state index contributed by atoms with van der Waals surface area (Å²) in [7, 11) is 0. The number of carboxylic acid groups (broad SMARTS) is 2. The Hall–Kier alpha value is -3.33. The maximum Gasteiger partial charge on any atom is 0.404 e. The second-order valence-corrected chi connectivity index (χ2v) is 9.53. The van der Waals surface area contributed by atoms with E-state index in [4.69, 9.17) is 25.2 Å². The third kappa shape index (κ3) is 8.97. The van der Waals surface area contributed by atoms with Crippen molar-refractivity contribution in [1.82, 2.24) is 10.6 Å². The number of nitrogens with zero attached hydrogens (tertiary/aromatic N) is 3. The van der Waals surface area contributed by atoms with Gasteiger partial charge in [0.25, 0.3) is 0 Å². The second kappa shape index (κ2) is 12.1. The van der Waals surface area contributed by atoms with Crippen molar-refractivity contribution in [1.29, 1.82) is 0 Å². The number of carbonyl (C=O) groups is 2. The minimum atomic E-state index is -1.10. The van der Waals surface area contributed by atoms with E-state index >= 15 is 0 Å². The van der Waals surface area contributed by atoms with Crippen LogP contribution in [-0.2, 0) is 10.8 Å². The molecular weight excluding hydrogens is 430 g/mol. The third-order valence-electron chi connectivity index (χ3n) is 4.58. The van der Waals surface area contributed by atoms with Crippen molar-refractivity contribution < 1.29 is 29.3 Å². The topological polar surface area (TPSA) is 166 Å². The smallest absolute Gasteiger partial charge is 0.404 e. The quantitative estimate of drug-likeness (QED) is 0.150. The molecule has 0 aromatic heterocycles. The minimum absolute atomic E-state index is 0.237. The standard InChI is InChI=1S/C22H35N5O6/c1-21(2,3)16-14(26-27-23)13-15(32-11-7-9-24-19(28)29)17(22(4,5)6)18(16)33-12-8-10-25-20(30)31/h13,24-25H,7-12H2,1-6H3,(H,28,29)(H,30,31). The number of hydrogen-bond acceptors (Lipinski definition) is 5. The molecule has 33 heavy (non-hydrogen) atoms. The van der Waals surface area contributed by atoms with Gasteiger partial charge in [0.2, 0.25) is 0 Å². The molecule has 0 aliphatic heterocycles. The fraction of sp³-hybridized carbons (Fsp3) is 0.636. The van der Waals surface area contributed by atoms with Crippen molar-refractivity contribution in [2.45, 2.75) is 65.2 Å². The van der Waals surface area contributed by atoms with Gasteiger partial charge in [-0.1, -0.05) is 46.7 Å². The van der Waals surface area contributed by atoms with Crippen LogP contribution in [0, 0.1) is 0 Å². The maximum atomic E-state index is 10.7. The van der Waals surface area contributed by atoms with E-state index < -0.39 is 23.0 Å². The molecule has 0 aliphatic carbocycles. The monoisotopic (exact) mass is 465 g/mol. The Morgan fingerprint density at radius 1 is 0.939 bits per heavy atom. The van der Waals surface area contributed by atoms with Crippen molar-refractivity contribution in [3.63, 3.8) is 0 Å². The molecule has 0 saturated carbocycles. The van der Waals surface area contributed by atoms with E-state index in [-0.39, 0.29) is 26.3 Å². The van der Waals surface area contributed by atoms with Crippen LogP contribution in [0.2, 0.25) is 0 Å². The Balaban J connectivity index is 3.45. The van der Waals surface area contributed by atoms with Crippen LogP contribution in [0.25, 0.3) is 10.4 Å². The number of ether oxygens (including phenoxy) is 2. The highest BCUT2D eigenvalue weighted by atomic mass is 16.5. The Labute approximate surface area is 194 Å². The van der Waals surface area contributed by atoms with Crippen molar-refractivity contribution in [2.24, 2.45) is 5.11 Å². The molecule has 184 valence electrons. The number of benzene rings is 1. The Bertz CT molecular complexity index is 883. The van der Waals surface area contributed by atoms with Gasteiger partial charge in [-0.05, 0) is 35.3 Å². The first-order valence-electron chi connectivity index (χ1n) is 10.7. The lowest BCUT2D eigenvalue weighted by atomic mass is 9.78. The second-order valence-electron chi connectivity index (χ2n) is 9.53. The van der Waals surface area contributed by atoms with Gasteiger partial charge in [-0.3, -0.25) is 0 Å². The van der Waals surface area contributed by atoms with Crippen molar-refractivity contribution in [3.05, 3.63) is 27.6 Å². The predicted molar refractivity (Wildman–Crippen MR) is 125 cm³/mol. The van der Waals surface area contributed by atoms with Crippen LogP contribution in [0.5, 0.6) is 11.5 Å². The first kappa shape index (κ1) is 27.7. The van der Waals surface area contributed by atoms with Gasteiger partial charge in [-0.15, -0.1) is 0 Å². The molecule has 11 nitrogen and oxygen atoms in total. The lowest BCUT2D eigenvalue weighted by Gasteiger charge is -2.32. The van der Waals surface area contributed by atoms with E-state index in [1.807, 2.05) is 41.5 Å². The van der Waals surface area contributed by atoms with E-state index in [0.717, 1.165) is 11.1 Å². The molecule has 0 unspecified atom stereocenters. The van der Waals surface area contributed by atoms with Crippen LogP contribution < -0.4 is 20.1 Å². The summed E-state index contributed by atoms with van der Waals surface area (Å²) in [5, 5.41) is 26.0. The summed E-state index contributed by atoms with van der Waals surface area (Å²) in [6.07, 6.45) is -1.30. The average Bonchev–Trinajstić information content (AvgIpc) is 2.65. The third-order valence-corrected chi connectivity index (χ3v) is 4.58. The fourth-order valence-electron chi connectivity index (χ4n) is 3.33. The van der Waals surface area contributed by atoms with E-state index in [2.05, 4.69) is 20.7 Å². The molecule has 0 fully saturated rings. The highest BCUT2D eigenvalue weighted by Gasteiger charge is 2.33. The van der Waals surface area contributed by atoms with Gasteiger partial charge in [0.15, 0.2) is 0 Å². The summed E-state index contributed by atoms with van der Waals surface area (Å²) in [5.74, 6) is 1.04. The van der Waals surface area contributed by atoms with E-state index in [9.17, 15) is 9.59 Å². The lowest BCUT2D eigenvalue weighted by Crippen LogP contribution is -2.25. The Morgan fingerprint density at radius 3 is 1.85 bits per heavy atom. The van der Waals surface area contributed by atoms with Crippen LogP contribution in [-0.4, -0.2) is 48.7 Å². The summed E-state index contributed by atoms with van der Waals surface area (Å²) < 4.78 is 12.2. The maximum absolute atomic E-state index is 10.7. The molecule has 0 bridgehead atoms. The van der Waals surface area contributed by atoms with Gasteiger partial charge in [-0.25, -0.2) is 9.59 Å². The number of azide groups is 1. The van der Waals surface area contributed by atoms with Gasteiger partial charge in [-0.2, -0.15) is 0 Å². The van der Waals surface area contributed by atoms with Crippen LogP contribution >= 0.6 is 0 Å². The van der Waals surface area contributed by atoms with Crippen LogP contribution in [0.3, 0.4) is 0 Å². The molecule has 2 amide bonds. The van der Waals surface area contributed by atoms with Crippen LogP contribution in [0.1, 0.15) is 65.5 Å². The summed E-state index contributed by atoms with van der Waals surface area (Å²) in [6, 6.07) is 1.70. The highest BCUT2D eigenvalue weighted by molar-refractivity contribution is 5.67. The van der Waals surface area contributed by atoms with Gasteiger partial charge in [0, 0.05) is 34.8 Å². The molecule has 0 saturated heterocycles.